The average molecular weight is 304 g/mol. The third-order valence-electron chi connectivity index (χ3n) is 3.14. The summed E-state index contributed by atoms with van der Waals surface area (Å²) in [4.78, 5) is 0. The molecule has 0 radical (unpaired) electrons. The van der Waals surface area contributed by atoms with Gasteiger partial charge in [-0.25, -0.2) is 8.42 Å². The molecule has 0 aliphatic rings. The summed E-state index contributed by atoms with van der Waals surface area (Å²) in [6.07, 6.45) is 1.15. The first-order valence-corrected chi connectivity index (χ1v) is 8.64. The average Bonchev–Trinajstić information content (AvgIpc) is 2.39. The lowest BCUT2D eigenvalue weighted by atomic mass is 10.1. The minimum atomic E-state index is -3.30. The molecule has 2 aromatic rings. The third kappa shape index (κ3) is 4.49. The van der Waals surface area contributed by atoms with E-state index in [9.17, 15) is 8.42 Å². The van der Waals surface area contributed by atoms with Crippen LogP contribution in [0.3, 0.4) is 0 Å². The van der Waals surface area contributed by atoms with Gasteiger partial charge in [-0.05, 0) is 31.5 Å². The van der Waals surface area contributed by atoms with E-state index >= 15 is 0 Å². The summed E-state index contributed by atoms with van der Waals surface area (Å²) in [5, 5.41) is 3.35. The maximum absolute atomic E-state index is 11.4. The van der Waals surface area contributed by atoms with Crippen LogP contribution >= 0.6 is 0 Å². The molecule has 0 spiro atoms. The van der Waals surface area contributed by atoms with Gasteiger partial charge in [-0.15, -0.1) is 0 Å². The summed E-state index contributed by atoms with van der Waals surface area (Å²) in [5.41, 5.74) is 3.67. The lowest BCUT2D eigenvalue weighted by Crippen LogP contribution is -2.13. The summed E-state index contributed by atoms with van der Waals surface area (Å²) in [6.45, 7) is 4.10. The second-order valence-electron chi connectivity index (χ2n) is 5.20. The fourth-order valence-corrected chi connectivity index (χ4v) is 2.73. The highest BCUT2D eigenvalue weighted by Gasteiger charge is 2.10. The SMILES string of the molecule is Cc1cccc(C(C)Nc2ccccc2NS(C)(=O)=O)c1. The Bertz CT molecular complexity index is 727. The van der Waals surface area contributed by atoms with Gasteiger partial charge >= 0.3 is 0 Å². The van der Waals surface area contributed by atoms with Gasteiger partial charge in [0.2, 0.25) is 10.0 Å². The molecular formula is C16H20N2O2S. The van der Waals surface area contributed by atoms with Crippen molar-refractivity contribution in [2.24, 2.45) is 0 Å². The maximum Gasteiger partial charge on any atom is 0.229 e. The molecule has 0 heterocycles. The highest BCUT2D eigenvalue weighted by atomic mass is 32.2. The molecule has 0 fully saturated rings. The lowest BCUT2D eigenvalue weighted by molar-refractivity contribution is 0.607. The van der Waals surface area contributed by atoms with E-state index in [1.807, 2.05) is 25.1 Å². The molecule has 0 amide bonds. The summed E-state index contributed by atoms with van der Waals surface area (Å²) in [5.74, 6) is 0. The first-order chi connectivity index (χ1) is 9.85. The predicted octanol–water partition coefficient (Wildman–Crippen LogP) is 3.54. The van der Waals surface area contributed by atoms with E-state index in [0.717, 1.165) is 17.5 Å². The molecule has 1 unspecified atom stereocenters. The van der Waals surface area contributed by atoms with Crippen LogP contribution in [0.5, 0.6) is 0 Å². The van der Waals surface area contributed by atoms with Crippen LogP contribution in [0, 0.1) is 6.92 Å². The van der Waals surface area contributed by atoms with Crippen molar-refractivity contribution < 1.29 is 8.42 Å². The normalized spacial score (nSPS) is 12.7. The molecule has 0 aliphatic carbocycles. The van der Waals surface area contributed by atoms with Gasteiger partial charge in [0.05, 0.1) is 17.6 Å². The predicted molar refractivity (Wildman–Crippen MR) is 88.1 cm³/mol. The summed E-state index contributed by atoms with van der Waals surface area (Å²) in [7, 11) is -3.30. The summed E-state index contributed by atoms with van der Waals surface area (Å²) < 4.78 is 25.4. The van der Waals surface area contributed by atoms with Gasteiger partial charge in [-0.3, -0.25) is 4.72 Å². The molecule has 0 aliphatic heterocycles. The Morgan fingerprint density at radius 1 is 1.00 bits per heavy atom. The second kappa shape index (κ2) is 6.18. The van der Waals surface area contributed by atoms with E-state index in [2.05, 4.69) is 35.2 Å². The van der Waals surface area contributed by atoms with Crippen molar-refractivity contribution in [1.29, 1.82) is 0 Å². The Hall–Kier alpha value is -2.01. The zero-order chi connectivity index (χ0) is 15.5. The van der Waals surface area contributed by atoms with E-state index in [0.29, 0.717) is 5.69 Å². The van der Waals surface area contributed by atoms with Crippen molar-refractivity contribution >= 4 is 21.4 Å². The molecule has 2 N–H and O–H groups in total. The number of aryl methyl sites for hydroxylation is 1. The number of benzene rings is 2. The lowest BCUT2D eigenvalue weighted by Gasteiger charge is -2.19. The number of hydrogen-bond donors (Lipinski definition) is 2. The van der Waals surface area contributed by atoms with Crippen LogP contribution in [-0.4, -0.2) is 14.7 Å². The number of nitrogens with one attached hydrogen (secondary N) is 2. The third-order valence-corrected chi connectivity index (χ3v) is 3.73. The highest BCUT2D eigenvalue weighted by molar-refractivity contribution is 7.92. The maximum atomic E-state index is 11.4. The van der Waals surface area contributed by atoms with Crippen LogP contribution in [0.1, 0.15) is 24.1 Å². The Kier molecular flexibility index (Phi) is 4.53. The van der Waals surface area contributed by atoms with Crippen LogP contribution in [0.15, 0.2) is 48.5 Å². The monoisotopic (exact) mass is 304 g/mol. The van der Waals surface area contributed by atoms with Gasteiger partial charge < -0.3 is 5.32 Å². The molecule has 4 nitrogen and oxygen atoms in total. The Morgan fingerprint density at radius 2 is 1.67 bits per heavy atom. The van der Waals surface area contributed by atoms with Crippen LogP contribution in [0.4, 0.5) is 11.4 Å². The molecule has 0 aromatic heterocycles. The largest absolute Gasteiger partial charge is 0.377 e. The Morgan fingerprint density at radius 3 is 2.29 bits per heavy atom. The standard InChI is InChI=1S/C16H20N2O2S/c1-12-7-6-8-14(11-12)13(2)17-15-9-4-5-10-16(15)18-21(3,19)20/h4-11,13,17-18H,1-3H3. The van der Waals surface area contributed by atoms with Crippen molar-refractivity contribution in [2.45, 2.75) is 19.9 Å². The quantitative estimate of drug-likeness (QED) is 0.888. The number of rotatable bonds is 5. The van der Waals surface area contributed by atoms with Gasteiger partial charge in [0.15, 0.2) is 0 Å². The van der Waals surface area contributed by atoms with Crippen LogP contribution < -0.4 is 10.0 Å². The van der Waals surface area contributed by atoms with E-state index in [1.54, 1.807) is 12.1 Å². The number of para-hydroxylation sites is 2. The second-order valence-corrected chi connectivity index (χ2v) is 6.95. The van der Waals surface area contributed by atoms with E-state index in [1.165, 1.54) is 5.56 Å². The van der Waals surface area contributed by atoms with Gasteiger partial charge in [0.1, 0.15) is 0 Å². The topological polar surface area (TPSA) is 58.2 Å². The Balaban J connectivity index is 2.23. The first-order valence-electron chi connectivity index (χ1n) is 6.75. The van der Waals surface area contributed by atoms with E-state index < -0.39 is 10.0 Å². The van der Waals surface area contributed by atoms with Crippen molar-refractivity contribution in [1.82, 2.24) is 0 Å². The van der Waals surface area contributed by atoms with Crippen LogP contribution in [0.25, 0.3) is 0 Å². The van der Waals surface area contributed by atoms with Gasteiger partial charge in [0, 0.05) is 6.04 Å². The van der Waals surface area contributed by atoms with Gasteiger partial charge in [-0.1, -0.05) is 42.0 Å². The molecule has 5 heteroatoms. The van der Waals surface area contributed by atoms with E-state index in [-0.39, 0.29) is 6.04 Å². The number of anilines is 2. The van der Waals surface area contributed by atoms with Crippen molar-refractivity contribution in [3.63, 3.8) is 0 Å². The van der Waals surface area contributed by atoms with Crippen molar-refractivity contribution in [3.05, 3.63) is 59.7 Å². The molecule has 0 bridgehead atoms. The molecular weight excluding hydrogens is 284 g/mol. The van der Waals surface area contributed by atoms with Crippen LogP contribution in [-0.2, 0) is 10.0 Å². The first kappa shape index (κ1) is 15.4. The highest BCUT2D eigenvalue weighted by Crippen LogP contribution is 2.27. The number of sulfonamides is 1. The van der Waals surface area contributed by atoms with Crippen molar-refractivity contribution in [3.8, 4) is 0 Å². The summed E-state index contributed by atoms with van der Waals surface area (Å²) in [6, 6.07) is 15.6. The number of hydrogen-bond acceptors (Lipinski definition) is 3. The van der Waals surface area contributed by atoms with E-state index in [4.69, 9.17) is 0 Å². The molecule has 1 atom stereocenters. The molecule has 2 rings (SSSR count). The zero-order valence-corrected chi connectivity index (χ0v) is 13.2. The smallest absolute Gasteiger partial charge is 0.229 e. The fraction of sp³-hybridized carbons (Fsp3) is 0.250. The molecule has 0 saturated heterocycles. The molecule has 0 saturated carbocycles. The molecule has 2 aromatic carbocycles. The van der Waals surface area contributed by atoms with Gasteiger partial charge in [-0.2, -0.15) is 0 Å². The summed E-state index contributed by atoms with van der Waals surface area (Å²) >= 11 is 0. The van der Waals surface area contributed by atoms with Crippen LogP contribution in [0.2, 0.25) is 0 Å². The van der Waals surface area contributed by atoms with Crippen molar-refractivity contribution in [2.75, 3.05) is 16.3 Å². The Labute approximate surface area is 126 Å². The van der Waals surface area contributed by atoms with Gasteiger partial charge in [0.25, 0.3) is 0 Å². The fourth-order valence-electron chi connectivity index (χ4n) is 2.15. The zero-order valence-electron chi connectivity index (χ0n) is 12.4. The minimum Gasteiger partial charge on any atom is -0.377 e. The minimum absolute atomic E-state index is 0.0763. The molecule has 21 heavy (non-hydrogen) atoms. The molecule has 112 valence electrons.